The van der Waals surface area contributed by atoms with Crippen molar-refractivity contribution in [2.75, 3.05) is 19.6 Å². The molecule has 0 spiro atoms. The van der Waals surface area contributed by atoms with Crippen LogP contribution in [0.4, 0.5) is 0 Å². The molecule has 1 aliphatic rings. The predicted octanol–water partition coefficient (Wildman–Crippen LogP) is 3.28. The Kier molecular flexibility index (Phi) is 5.94. The van der Waals surface area contributed by atoms with Gasteiger partial charge in [0.25, 0.3) is 0 Å². The Morgan fingerprint density at radius 3 is 2.65 bits per heavy atom. The first-order valence-electron chi connectivity index (χ1n) is 7.43. The summed E-state index contributed by atoms with van der Waals surface area (Å²) < 4.78 is 0. The molecule has 1 N–H and O–H groups in total. The monoisotopic (exact) mass is 240 g/mol. The Labute approximate surface area is 108 Å². The van der Waals surface area contributed by atoms with E-state index in [-0.39, 0.29) is 5.54 Å². The third-order valence-electron chi connectivity index (χ3n) is 4.43. The SMILES string of the molecule is CCC(C)(C)NCC(C)N1CCCC(C)CC1. The van der Waals surface area contributed by atoms with Gasteiger partial charge in [-0.2, -0.15) is 0 Å². The van der Waals surface area contributed by atoms with Gasteiger partial charge in [-0.15, -0.1) is 0 Å². The number of hydrogen-bond acceptors (Lipinski definition) is 2. The summed E-state index contributed by atoms with van der Waals surface area (Å²) in [5, 5.41) is 3.70. The maximum Gasteiger partial charge on any atom is 0.0192 e. The van der Waals surface area contributed by atoms with E-state index in [1.54, 1.807) is 0 Å². The molecule has 1 aliphatic heterocycles. The molecule has 102 valence electrons. The summed E-state index contributed by atoms with van der Waals surface area (Å²) in [6, 6.07) is 0.672. The zero-order valence-corrected chi connectivity index (χ0v) is 12.6. The predicted molar refractivity (Wildman–Crippen MR) is 76.4 cm³/mol. The summed E-state index contributed by atoms with van der Waals surface area (Å²) in [6.45, 7) is 15.3. The smallest absolute Gasteiger partial charge is 0.0192 e. The van der Waals surface area contributed by atoms with Crippen LogP contribution in [-0.2, 0) is 0 Å². The quantitative estimate of drug-likeness (QED) is 0.793. The fourth-order valence-electron chi connectivity index (χ4n) is 2.40. The molecule has 2 unspecified atom stereocenters. The first-order chi connectivity index (χ1) is 7.94. The summed E-state index contributed by atoms with van der Waals surface area (Å²) in [7, 11) is 0. The van der Waals surface area contributed by atoms with Crippen molar-refractivity contribution in [1.29, 1.82) is 0 Å². The molecule has 0 aliphatic carbocycles. The molecule has 0 radical (unpaired) electrons. The van der Waals surface area contributed by atoms with E-state index in [1.165, 1.54) is 38.8 Å². The number of rotatable bonds is 5. The summed E-state index contributed by atoms with van der Waals surface area (Å²) in [6.07, 6.45) is 5.36. The Morgan fingerprint density at radius 2 is 2.00 bits per heavy atom. The van der Waals surface area contributed by atoms with E-state index in [9.17, 15) is 0 Å². The fraction of sp³-hybridized carbons (Fsp3) is 1.00. The minimum absolute atomic E-state index is 0.285. The molecule has 0 aromatic rings. The second-order valence-corrected chi connectivity index (χ2v) is 6.54. The third kappa shape index (κ3) is 5.39. The van der Waals surface area contributed by atoms with E-state index >= 15 is 0 Å². The Morgan fingerprint density at radius 1 is 1.29 bits per heavy atom. The van der Waals surface area contributed by atoms with Crippen molar-refractivity contribution >= 4 is 0 Å². The van der Waals surface area contributed by atoms with E-state index < -0.39 is 0 Å². The highest BCUT2D eigenvalue weighted by atomic mass is 15.2. The third-order valence-corrected chi connectivity index (χ3v) is 4.43. The minimum Gasteiger partial charge on any atom is -0.310 e. The molecule has 0 amide bonds. The number of nitrogens with zero attached hydrogens (tertiary/aromatic N) is 1. The lowest BCUT2D eigenvalue weighted by Gasteiger charge is -2.32. The molecule has 0 aromatic carbocycles. The van der Waals surface area contributed by atoms with Gasteiger partial charge in [0.2, 0.25) is 0 Å². The van der Waals surface area contributed by atoms with Crippen molar-refractivity contribution in [2.24, 2.45) is 5.92 Å². The van der Waals surface area contributed by atoms with E-state index in [1.807, 2.05) is 0 Å². The van der Waals surface area contributed by atoms with Gasteiger partial charge < -0.3 is 5.32 Å². The standard InChI is InChI=1S/C15H32N2/c1-6-15(4,5)16-12-14(3)17-10-7-8-13(2)9-11-17/h13-14,16H,6-12H2,1-5H3. The van der Waals surface area contributed by atoms with E-state index in [4.69, 9.17) is 0 Å². The average Bonchev–Trinajstić information content (AvgIpc) is 2.51. The summed E-state index contributed by atoms with van der Waals surface area (Å²) in [4.78, 5) is 2.67. The molecule has 17 heavy (non-hydrogen) atoms. The maximum atomic E-state index is 3.70. The molecule has 1 fully saturated rings. The summed E-state index contributed by atoms with van der Waals surface area (Å²) >= 11 is 0. The second kappa shape index (κ2) is 6.75. The molecule has 0 aromatic heterocycles. The topological polar surface area (TPSA) is 15.3 Å². The van der Waals surface area contributed by atoms with Crippen LogP contribution >= 0.6 is 0 Å². The van der Waals surface area contributed by atoms with Crippen molar-refractivity contribution < 1.29 is 0 Å². The van der Waals surface area contributed by atoms with Crippen molar-refractivity contribution in [2.45, 2.75) is 71.9 Å². The molecular weight excluding hydrogens is 208 g/mol. The van der Waals surface area contributed by atoms with Crippen molar-refractivity contribution in [1.82, 2.24) is 10.2 Å². The number of nitrogens with one attached hydrogen (secondary N) is 1. The average molecular weight is 240 g/mol. The van der Waals surface area contributed by atoms with Gasteiger partial charge in [0.15, 0.2) is 0 Å². The molecule has 0 saturated carbocycles. The first-order valence-corrected chi connectivity index (χ1v) is 7.43. The van der Waals surface area contributed by atoms with Crippen LogP contribution in [0, 0.1) is 5.92 Å². The first kappa shape index (κ1) is 15.0. The minimum atomic E-state index is 0.285. The van der Waals surface area contributed by atoms with Crippen molar-refractivity contribution in [3.63, 3.8) is 0 Å². The van der Waals surface area contributed by atoms with E-state index in [2.05, 4.69) is 44.8 Å². The molecular formula is C15H32N2. The Hall–Kier alpha value is -0.0800. The van der Waals surface area contributed by atoms with Crippen molar-refractivity contribution in [3.8, 4) is 0 Å². The molecule has 1 rings (SSSR count). The molecule has 2 nitrogen and oxygen atoms in total. The van der Waals surface area contributed by atoms with Crippen LogP contribution in [0.3, 0.4) is 0 Å². The van der Waals surface area contributed by atoms with Gasteiger partial charge in [0.05, 0.1) is 0 Å². The van der Waals surface area contributed by atoms with Gasteiger partial charge in [-0.1, -0.05) is 13.8 Å². The lowest BCUT2D eigenvalue weighted by molar-refractivity contribution is 0.196. The summed E-state index contributed by atoms with van der Waals surface area (Å²) in [5.41, 5.74) is 0.285. The van der Waals surface area contributed by atoms with Crippen LogP contribution in [0.1, 0.15) is 60.3 Å². The molecule has 0 bridgehead atoms. The van der Waals surface area contributed by atoms with Crippen LogP contribution < -0.4 is 5.32 Å². The second-order valence-electron chi connectivity index (χ2n) is 6.54. The molecule has 1 saturated heterocycles. The van der Waals surface area contributed by atoms with E-state index in [0.29, 0.717) is 6.04 Å². The maximum absolute atomic E-state index is 3.70. The van der Waals surface area contributed by atoms with Crippen LogP contribution in [-0.4, -0.2) is 36.1 Å². The van der Waals surface area contributed by atoms with Gasteiger partial charge in [0, 0.05) is 18.1 Å². The van der Waals surface area contributed by atoms with Crippen LogP contribution in [0.5, 0.6) is 0 Å². The molecule has 2 heteroatoms. The number of hydrogen-bond donors (Lipinski definition) is 1. The van der Waals surface area contributed by atoms with Gasteiger partial charge in [-0.25, -0.2) is 0 Å². The lowest BCUT2D eigenvalue weighted by Crippen LogP contribution is -2.47. The van der Waals surface area contributed by atoms with Gasteiger partial charge in [0.1, 0.15) is 0 Å². The highest BCUT2D eigenvalue weighted by Crippen LogP contribution is 2.18. The fourth-order valence-corrected chi connectivity index (χ4v) is 2.40. The Bertz CT molecular complexity index is 213. The zero-order chi connectivity index (χ0) is 12.9. The van der Waals surface area contributed by atoms with E-state index in [0.717, 1.165) is 12.5 Å². The van der Waals surface area contributed by atoms with Crippen LogP contribution in [0.15, 0.2) is 0 Å². The summed E-state index contributed by atoms with van der Waals surface area (Å²) in [5.74, 6) is 0.923. The van der Waals surface area contributed by atoms with Gasteiger partial charge in [-0.3, -0.25) is 4.90 Å². The highest BCUT2D eigenvalue weighted by Gasteiger charge is 2.20. The van der Waals surface area contributed by atoms with Gasteiger partial charge >= 0.3 is 0 Å². The van der Waals surface area contributed by atoms with Crippen LogP contribution in [0.2, 0.25) is 0 Å². The van der Waals surface area contributed by atoms with Gasteiger partial charge in [-0.05, 0) is 65.5 Å². The van der Waals surface area contributed by atoms with Crippen LogP contribution in [0.25, 0.3) is 0 Å². The largest absolute Gasteiger partial charge is 0.310 e. The lowest BCUT2D eigenvalue weighted by atomic mass is 10.0. The molecule has 1 heterocycles. The Balaban J connectivity index is 2.34. The van der Waals surface area contributed by atoms with Crippen molar-refractivity contribution in [3.05, 3.63) is 0 Å². The normalized spacial score (nSPS) is 25.6. The molecule has 2 atom stereocenters. The zero-order valence-electron chi connectivity index (χ0n) is 12.6. The highest BCUT2D eigenvalue weighted by molar-refractivity contribution is 4.80. The number of likely N-dealkylation sites (tertiary alicyclic amines) is 1.